The quantitative estimate of drug-likeness (QED) is 0.256. The summed E-state index contributed by atoms with van der Waals surface area (Å²) < 4.78 is 54.0. The summed E-state index contributed by atoms with van der Waals surface area (Å²) in [6, 6.07) is 9.74. The molecule has 48 heavy (non-hydrogen) atoms. The molecule has 0 aliphatic carbocycles. The van der Waals surface area contributed by atoms with Crippen LogP contribution in [0.1, 0.15) is 38.5 Å². The molecule has 3 heterocycles. The summed E-state index contributed by atoms with van der Waals surface area (Å²) in [6.07, 6.45) is 1.53. The molecule has 255 valence electrons. The fourth-order valence-electron chi connectivity index (χ4n) is 5.85. The summed E-state index contributed by atoms with van der Waals surface area (Å²) in [6.45, 7) is 0.511. The zero-order chi connectivity index (χ0) is 34.4. The van der Waals surface area contributed by atoms with Gasteiger partial charge in [-0.15, -0.1) is 13.2 Å². The normalized spacial score (nSPS) is 21.6. The number of amides is 3. The third-order valence-corrected chi connectivity index (χ3v) is 8.32. The van der Waals surface area contributed by atoms with E-state index in [1.165, 1.54) is 36.3 Å². The first-order chi connectivity index (χ1) is 22.9. The minimum absolute atomic E-state index is 0.0353. The molecule has 3 aromatic rings. The molecule has 1 radical (unpaired) electrons. The number of urea groups is 1. The molecule has 0 spiro atoms. The molecular formula is C34H37F3N4O7+. The first-order valence-electron chi connectivity index (χ1n) is 15.6. The van der Waals surface area contributed by atoms with Gasteiger partial charge in [0.25, 0.3) is 5.91 Å². The third kappa shape index (κ3) is 8.54. The molecule has 2 N–H and O–H groups in total. The van der Waals surface area contributed by atoms with Crippen LogP contribution in [0.3, 0.4) is 0 Å². The molecule has 2 aliphatic rings. The van der Waals surface area contributed by atoms with Crippen LogP contribution in [0.5, 0.6) is 17.4 Å². The molecule has 5 rings (SSSR count). The topological polar surface area (TPSA) is 133 Å². The second-order valence-electron chi connectivity index (χ2n) is 11.8. The van der Waals surface area contributed by atoms with Gasteiger partial charge in [-0.25, -0.2) is 14.6 Å². The Balaban J connectivity index is 1.46. The lowest BCUT2D eigenvalue weighted by Crippen LogP contribution is -2.56. The van der Waals surface area contributed by atoms with Gasteiger partial charge < -0.3 is 24.6 Å². The van der Waals surface area contributed by atoms with Crippen molar-refractivity contribution < 1.29 is 46.9 Å². The molecule has 0 bridgehead atoms. The second kappa shape index (κ2) is 14.9. The number of carboxylic acid groups (broad SMARTS) is 1. The van der Waals surface area contributed by atoms with E-state index in [2.05, 4.69) is 10.1 Å². The lowest BCUT2D eigenvalue weighted by molar-refractivity contribution is -0.274. The average Bonchev–Trinajstić information content (AvgIpc) is 3.47. The van der Waals surface area contributed by atoms with Crippen molar-refractivity contribution in [2.24, 2.45) is 0 Å². The highest BCUT2D eigenvalue weighted by atomic mass is 19.4. The Kier molecular flexibility index (Phi) is 10.7. The smallest absolute Gasteiger partial charge is 0.497 e. The van der Waals surface area contributed by atoms with Crippen molar-refractivity contribution in [2.75, 3.05) is 27.2 Å². The fourth-order valence-corrected chi connectivity index (χ4v) is 5.85. The van der Waals surface area contributed by atoms with Gasteiger partial charge in [0.2, 0.25) is 11.9 Å². The highest BCUT2D eigenvalue weighted by Gasteiger charge is 2.52. The van der Waals surface area contributed by atoms with Gasteiger partial charge >= 0.3 is 18.4 Å². The first kappa shape index (κ1) is 34.5. The summed E-state index contributed by atoms with van der Waals surface area (Å²) in [4.78, 5) is 46.8. The molecule has 1 fully saturated rings. The number of benzene rings is 2. The molecule has 3 unspecified atom stereocenters. The van der Waals surface area contributed by atoms with Gasteiger partial charge in [0.1, 0.15) is 17.5 Å². The summed E-state index contributed by atoms with van der Waals surface area (Å²) in [5.41, 5.74) is 0.882. The Hall–Kier alpha value is -4.85. The van der Waals surface area contributed by atoms with Gasteiger partial charge in [-0.2, -0.15) is 0 Å². The lowest BCUT2D eigenvalue weighted by Gasteiger charge is -2.20. The number of halogens is 3. The molecule has 3 atom stereocenters. The Morgan fingerprint density at radius 3 is 2.48 bits per heavy atom. The fraction of sp³-hybridized carbons (Fsp3) is 0.412. The Morgan fingerprint density at radius 2 is 1.77 bits per heavy atom. The maximum absolute atomic E-state index is 13.6. The summed E-state index contributed by atoms with van der Waals surface area (Å²) in [5, 5.41) is 13.7. The van der Waals surface area contributed by atoms with Gasteiger partial charge in [-0.05, 0) is 86.0 Å². The number of hydrogen-bond acceptors (Lipinski definition) is 7. The Morgan fingerprint density at radius 1 is 1.04 bits per heavy atom. The Labute approximate surface area is 275 Å². The number of aliphatic carboxylic acids is 1. The van der Waals surface area contributed by atoms with Crippen LogP contribution in [-0.2, 0) is 9.59 Å². The number of carbonyl (C=O) groups excluding carboxylic acids is 2. The van der Waals surface area contributed by atoms with E-state index in [-0.39, 0.29) is 37.0 Å². The monoisotopic (exact) mass is 670 g/mol. The van der Waals surface area contributed by atoms with Crippen molar-refractivity contribution in [2.45, 2.75) is 63.1 Å². The zero-order valence-corrected chi connectivity index (χ0v) is 26.5. The number of alkyl halides is 3. The van der Waals surface area contributed by atoms with Crippen LogP contribution in [0.4, 0.5) is 18.0 Å². The van der Waals surface area contributed by atoms with Gasteiger partial charge in [0.05, 0.1) is 19.2 Å². The van der Waals surface area contributed by atoms with Crippen LogP contribution in [0.15, 0.2) is 60.7 Å². The Bertz CT molecular complexity index is 1660. The standard InChI is InChI=1S/C34H37F3N4O7/c1-40-16-8-6-4-3-5-7-9-27(32(43)44)38-30(42)29-19-25(20-41(29)33(40)45)47-31-26-15-14-24(46-2)17-22(26)18-28(39-31)21-10-12-23(13-11-21)48-34(35,36)37/h3,5,10-15,17-18,25,27,29H,4,6-9,16,19-20H2,1-2H3,(H,38,42)(H,43,44)/q+1. The van der Waals surface area contributed by atoms with Crippen LogP contribution in [0, 0.1) is 0 Å². The molecule has 2 aliphatic heterocycles. The summed E-state index contributed by atoms with van der Waals surface area (Å²) >= 11 is 0. The number of aromatic nitrogens is 1. The molecule has 2 aromatic carbocycles. The highest BCUT2D eigenvalue weighted by Crippen LogP contribution is 2.34. The largest absolute Gasteiger partial charge is 0.573 e. The van der Waals surface area contributed by atoms with E-state index in [1.807, 2.05) is 12.2 Å². The predicted molar refractivity (Wildman–Crippen MR) is 170 cm³/mol. The number of methoxy groups -OCH3 is 1. The number of allylic oxidation sites excluding steroid dienone is 2. The van der Waals surface area contributed by atoms with Crippen molar-refractivity contribution in [3.63, 3.8) is 0 Å². The number of nitrogens with one attached hydrogen (secondary N) is 1. The van der Waals surface area contributed by atoms with Crippen molar-refractivity contribution in [3.8, 4) is 28.6 Å². The summed E-state index contributed by atoms with van der Waals surface area (Å²) in [5.74, 6) is -1.40. The minimum Gasteiger partial charge on any atom is -0.497 e. The van der Waals surface area contributed by atoms with Gasteiger partial charge in [-0.1, -0.05) is 17.1 Å². The lowest BCUT2D eigenvalue weighted by atomic mass is 10.1. The number of hydrogen-bond donors (Lipinski definition) is 2. The molecule has 11 nitrogen and oxygen atoms in total. The maximum atomic E-state index is 13.6. The molecule has 0 saturated carbocycles. The molecule has 1 saturated heterocycles. The van der Waals surface area contributed by atoms with E-state index in [0.29, 0.717) is 40.7 Å². The third-order valence-electron chi connectivity index (χ3n) is 8.32. The number of nitrogens with zero attached hydrogens (tertiary/aromatic N) is 3. The van der Waals surface area contributed by atoms with Gasteiger partial charge in [0, 0.05) is 24.5 Å². The summed E-state index contributed by atoms with van der Waals surface area (Å²) in [7, 11) is 3.18. The molecule has 1 aromatic heterocycles. The SMILES string of the molecule is COc1ccc2c(OC3CC4C(=O)NC(C(=O)O)CCC=CCCCCN(C)C(=O)[N+]4C3)nc(-c3ccc(OC(F)(F)F)cc3)cc2c1. The van der Waals surface area contributed by atoms with E-state index >= 15 is 0 Å². The predicted octanol–water partition coefficient (Wildman–Crippen LogP) is 5.61. The van der Waals surface area contributed by atoms with Crippen LogP contribution < -0.4 is 24.4 Å². The number of pyridine rings is 1. The number of fused-ring (bicyclic) bond motifs is 2. The van der Waals surface area contributed by atoms with Crippen molar-refractivity contribution in [1.82, 2.24) is 20.1 Å². The van der Waals surface area contributed by atoms with Gasteiger partial charge in [-0.3, -0.25) is 9.69 Å². The second-order valence-corrected chi connectivity index (χ2v) is 11.8. The number of carboxylic acids is 1. The molecule has 3 amide bonds. The van der Waals surface area contributed by atoms with Crippen molar-refractivity contribution >= 4 is 28.7 Å². The van der Waals surface area contributed by atoms with E-state index in [0.717, 1.165) is 19.3 Å². The maximum Gasteiger partial charge on any atom is 0.573 e. The van der Waals surface area contributed by atoms with E-state index in [9.17, 15) is 32.7 Å². The van der Waals surface area contributed by atoms with E-state index in [1.54, 1.807) is 36.2 Å². The highest BCUT2D eigenvalue weighted by molar-refractivity contribution is 5.93. The molecule has 14 heteroatoms. The molecular weight excluding hydrogens is 633 g/mol. The van der Waals surface area contributed by atoms with Crippen LogP contribution in [-0.4, -0.2) is 84.7 Å². The first-order valence-corrected chi connectivity index (χ1v) is 15.6. The van der Waals surface area contributed by atoms with Crippen molar-refractivity contribution in [1.29, 1.82) is 0 Å². The number of ether oxygens (including phenoxy) is 3. The zero-order valence-electron chi connectivity index (χ0n) is 26.5. The van der Waals surface area contributed by atoms with Crippen LogP contribution in [0.25, 0.3) is 22.0 Å². The number of carbonyl (C=O) groups is 3. The van der Waals surface area contributed by atoms with Crippen LogP contribution >= 0.6 is 0 Å². The average molecular weight is 671 g/mol. The van der Waals surface area contributed by atoms with E-state index in [4.69, 9.17) is 14.5 Å². The van der Waals surface area contributed by atoms with Crippen LogP contribution in [0.2, 0.25) is 0 Å². The minimum atomic E-state index is -4.83. The van der Waals surface area contributed by atoms with E-state index < -0.39 is 36.4 Å². The van der Waals surface area contributed by atoms with Gasteiger partial charge in [0.15, 0.2) is 12.6 Å². The van der Waals surface area contributed by atoms with Crippen molar-refractivity contribution in [3.05, 3.63) is 60.7 Å². The number of rotatable bonds is 6.